The molecule has 1 aliphatic heterocycles. The Balaban J connectivity index is 2.13. The van der Waals surface area contributed by atoms with Crippen molar-refractivity contribution in [3.8, 4) is 0 Å². The molecule has 2 fully saturated rings. The minimum absolute atomic E-state index is 0.0796. The van der Waals surface area contributed by atoms with Crippen molar-refractivity contribution < 1.29 is 13.2 Å². The second kappa shape index (κ2) is 5.74. The Bertz CT molecular complexity index is 425. The first-order chi connectivity index (χ1) is 8.96. The zero-order valence-electron chi connectivity index (χ0n) is 11.0. The molecule has 0 unspecified atom stereocenters. The van der Waals surface area contributed by atoms with E-state index in [2.05, 4.69) is 4.72 Å². The largest absolute Gasteiger partial charge is 0.386 e. The molecule has 0 amide bonds. The number of ether oxygens (including phenoxy) is 1. The first kappa shape index (κ1) is 14.7. The molecule has 1 saturated heterocycles. The molecule has 0 aromatic carbocycles. The summed E-state index contributed by atoms with van der Waals surface area (Å²) in [5, 5.41) is 7.74. The van der Waals surface area contributed by atoms with Gasteiger partial charge in [-0.15, -0.1) is 0 Å². The third kappa shape index (κ3) is 3.25. The predicted molar refractivity (Wildman–Crippen MR) is 72.2 cm³/mol. The van der Waals surface area contributed by atoms with Gasteiger partial charge in [0.2, 0.25) is 0 Å². The fourth-order valence-electron chi connectivity index (χ4n) is 2.68. The highest BCUT2D eigenvalue weighted by Gasteiger charge is 2.40. The van der Waals surface area contributed by atoms with Crippen LogP contribution in [0.15, 0.2) is 0 Å². The van der Waals surface area contributed by atoms with Gasteiger partial charge in [-0.05, 0) is 12.8 Å². The standard InChI is InChI=1S/C11H22N4O3S/c12-10(13)11(4-2-1-3-5-11)14-19(16,17)15-6-8-18-9-7-15/h14H,1-9H2,(H3,12,13). The molecular formula is C11H22N4O3S. The number of rotatable bonds is 4. The molecule has 0 aromatic rings. The van der Waals surface area contributed by atoms with E-state index in [9.17, 15) is 8.42 Å². The average molecular weight is 290 g/mol. The Morgan fingerprint density at radius 2 is 1.79 bits per heavy atom. The first-order valence-corrected chi connectivity index (χ1v) is 8.12. The molecule has 7 nitrogen and oxygen atoms in total. The molecule has 2 aliphatic rings. The van der Waals surface area contributed by atoms with E-state index in [1.165, 1.54) is 4.31 Å². The van der Waals surface area contributed by atoms with E-state index in [1.54, 1.807) is 0 Å². The van der Waals surface area contributed by atoms with Crippen LogP contribution in [0, 0.1) is 5.41 Å². The van der Waals surface area contributed by atoms with Gasteiger partial charge in [0.05, 0.1) is 18.8 Å². The monoisotopic (exact) mass is 290 g/mol. The van der Waals surface area contributed by atoms with Crippen LogP contribution in [0.25, 0.3) is 0 Å². The van der Waals surface area contributed by atoms with Gasteiger partial charge in [-0.1, -0.05) is 19.3 Å². The summed E-state index contributed by atoms with van der Waals surface area (Å²) in [4.78, 5) is 0. The third-order valence-corrected chi connectivity index (χ3v) is 5.55. The summed E-state index contributed by atoms with van der Waals surface area (Å²) in [6.07, 6.45) is 4.06. The summed E-state index contributed by atoms with van der Waals surface area (Å²) >= 11 is 0. The summed E-state index contributed by atoms with van der Waals surface area (Å²) in [6.45, 7) is 1.52. The summed E-state index contributed by atoms with van der Waals surface area (Å²) < 4.78 is 33.9. The molecule has 0 spiro atoms. The van der Waals surface area contributed by atoms with Crippen molar-refractivity contribution >= 4 is 16.0 Å². The summed E-state index contributed by atoms with van der Waals surface area (Å²) in [7, 11) is -3.60. The molecule has 2 rings (SSSR count). The Morgan fingerprint density at radius 3 is 2.32 bits per heavy atom. The highest BCUT2D eigenvalue weighted by molar-refractivity contribution is 7.87. The van der Waals surface area contributed by atoms with Gasteiger partial charge in [-0.3, -0.25) is 5.41 Å². The molecule has 110 valence electrons. The van der Waals surface area contributed by atoms with E-state index >= 15 is 0 Å². The highest BCUT2D eigenvalue weighted by atomic mass is 32.2. The van der Waals surface area contributed by atoms with E-state index in [1.807, 2.05) is 0 Å². The van der Waals surface area contributed by atoms with Crippen molar-refractivity contribution in [2.24, 2.45) is 5.73 Å². The maximum absolute atomic E-state index is 12.4. The molecule has 4 N–H and O–H groups in total. The highest BCUT2D eigenvalue weighted by Crippen LogP contribution is 2.29. The lowest BCUT2D eigenvalue weighted by Crippen LogP contribution is -2.61. The van der Waals surface area contributed by atoms with Crippen molar-refractivity contribution in [3.63, 3.8) is 0 Å². The molecule has 1 aliphatic carbocycles. The maximum Gasteiger partial charge on any atom is 0.280 e. The Labute approximate surface area is 114 Å². The molecular weight excluding hydrogens is 268 g/mol. The van der Waals surface area contributed by atoms with Crippen LogP contribution in [0.1, 0.15) is 32.1 Å². The van der Waals surface area contributed by atoms with Crippen LogP contribution in [0.2, 0.25) is 0 Å². The van der Waals surface area contributed by atoms with Crippen molar-refractivity contribution in [1.82, 2.24) is 9.03 Å². The molecule has 0 radical (unpaired) electrons. The van der Waals surface area contributed by atoms with Gasteiger partial charge in [0.25, 0.3) is 10.2 Å². The van der Waals surface area contributed by atoms with Crippen LogP contribution in [0.5, 0.6) is 0 Å². The third-order valence-electron chi connectivity index (χ3n) is 3.86. The van der Waals surface area contributed by atoms with E-state index in [0.29, 0.717) is 39.1 Å². The molecule has 0 atom stereocenters. The topological polar surface area (TPSA) is 109 Å². The predicted octanol–water partition coefficient (Wildman–Crippen LogP) is -0.208. The van der Waals surface area contributed by atoms with Crippen molar-refractivity contribution in [3.05, 3.63) is 0 Å². The number of amidine groups is 1. The van der Waals surface area contributed by atoms with Gasteiger partial charge in [0.15, 0.2) is 0 Å². The zero-order chi connectivity index (χ0) is 13.9. The van der Waals surface area contributed by atoms with Crippen LogP contribution in [-0.4, -0.2) is 50.4 Å². The second-order valence-corrected chi connectivity index (χ2v) is 6.85. The number of morpholine rings is 1. The van der Waals surface area contributed by atoms with E-state index in [-0.39, 0.29) is 5.84 Å². The van der Waals surface area contributed by atoms with Gasteiger partial charge in [-0.2, -0.15) is 17.4 Å². The average Bonchev–Trinajstić information content (AvgIpc) is 2.40. The normalized spacial score (nSPS) is 25.1. The van der Waals surface area contributed by atoms with Gasteiger partial charge in [-0.25, -0.2) is 0 Å². The molecule has 0 aromatic heterocycles. The van der Waals surface area contributed by atoms with Crippen LogP contribution in [-0.2, 0) is 14.9 Å². The van der Waals surface area contributed by atoms with E-state index in [0.717, 1.165) is 19.3 Å². The van der Waals surface area contributed by atoms with Crippen molar-refractivity contribution in [2.45, 2.75) is 37.6 Å². The smallest absolute Gasteiger partial charge is 0.280 e. The molecule has 1 heterocycles. The van der Waals surface area contributed by atoms with E-state index < -0.39 is 15.7 Å². The zero-order valence-corrected chi connectivity index (χ0v) is 11.8. The number of nitrogens with two attached hydrogens (primary N) is 1. The maximum atomic E-state index is 12.4. The molecule has 19 heavy (non-hydrogen) atoms. The number of hydrogen-bond donors (Lipinski definition) is 3. The van der Waals surface area contributed by atoms with Crippen LogP contribution in [0.4, 0.5) is 0 Å². The molecule has 8 heteroatoms. The quantitative estimate of drug-likeness (QED) is 0.492. The fourth-order valence-corrected chi connectivity index (χ4v) is 4.25. The Morgan fingerprint density at radius 1 is 1.21 bits per heavy atom. The minimum atomic E-state index is -3.60. The van der Waals surface area contributed by atoms with Gasteiger partial charge in [0.1, 0.15) is 5.84 Å². The second-order valence-electron chi connectivity index (χ2n) is 5.17. The van der Waals surface area contributed by atoms with Crippen molar-refractivity contribution in [2.75, 3.05) is 26.3 Å². The van der Waals surface area contributed by atoms with E-state index in [4.69, 9.17) is 15.9 Å². The van der Waals surface area contributed by atoms with Crippen LogP contribution in [0.3, 0.4) is 0 Å². The number of hydrogen-bond acceptors (Lipinski definition) is 4. The summed E-state index contributed by atoms with van der Waals surface area (Å²) in [6, 6.07) is 0. The Kier molecular flexibility index (Phi) is 4.44. The van der Waals surface area contributed by atoms with Crippen LogP contribution >= 0.6 is 0 Å². The summed E-state index contributed by atoms with van der Waals surface area (Å²) in [5.74, 6) is -0.0796. The molecule has 1 saturated carbocycles. The van der Waals surface area contributed by atoms with Gasteiger partial charge >= 0.3 is 0 Å². The number of nitrogens with zero attached hydrogens (tertiary/aromatic N) is 1. The lowest BCUT2D eigenvalue weighted by Gasteiger charge is -2.38. The lowest BCUT2D eigenvalue weighted by molar-refractivity contribution is 0.0720. The summed E-state index contributed by atoms with van der Waals surface area (Å²) in [5.41, 5.74) is 4.76. The fraction of sp³-hybridized carbons (Fsp3) is 0.909. The van der Waals surface area contributed by atoms with Crippen LogP contribution < -0.4 is 10.5 Å². The van der Waals surface area contributed by atoms with Gasteiger partial charge in [0, 0.05) is 13.1 Å². The number of nitrogens with one attached hydrogen (secondary N) is 2. The minimum Gasteiger partial charge on any atom is -0.386 e. The Hall–Kier alpha value is -0.700. The lowest BCUT2D eigenvalue weighted by atomic mass is 9.82. The van der Waals surface area contributed by atoms with Crippen molar-refractivity contribution in [1.29, 1.82) is 5.41 Å². The SMILES string of the molecule is N=C(N)C1(NS(=O)(=O)N2CCOCC2)CCCCC1. The first-order valence-electron chi connectivity index (χ1n) is 6.68. The van der Waals surface area contributed by atoms with Gasteiger partial charge < -0.3 is 10.5 Å². The molecule has 0 bridgehead atoms.